The summed E-state index contributed by atoms with van der Waals surface area (Å²) in [7, 11) is 0. The molecular weight excluding hydrogens is 136 g/mol. The molecule has 0 aliphatic carbocycles. The second-order valence-electron chi connectivity index (χ2n) is 1.47. The van der Waals surface area contributed by atoms with Crippen molar-refractivity contribution in [1.82, 2.24) is 0 Å². The van der Waals surface area contributed by atoms with Crippen LogP contribution in [0.25, 0.3) is 0 Å². The Kier molecular flexibility index (Phi) is 9.29. The van der Waals surface area contributed by atoms with E-state index in [1.807, 2.05) is 0 Å². The fourth-order valence-electron chi connectivity index (χ4n) is 0. The van der Waals surface area contributed by atoms with Gasteiger partial charge in [-0.1, -0.05) is 13.8 Å². The summed E-state index contributed by atoms with van der Waals surface area (Å²) in [4.78, 5) is 18.6. The van der Waals surface area contributed by atoms with Crippen LogP contribution >= 0.6 is 0 Å². The van der Waals surface area contributed by atoms with E-state index < -0.39 is 11.9 Å². The molecule has 0 rings (SSSR count). The van der Waals surface area contributed by atoms with Gasteiger partial charge in [0.2, 0.25) is 0 Å². The molecular formula is C6H11O4-. The predicted molar refractivity (Wildman–Crippen MR) is 33.2 cm³/mol. The van der Waals surface area contributed by atoms with Crippen LogP contribution in [0.3, 0.4) is 0 Å². The molecule has 0 radical (unpaired) electrons. The molecule has 0 aliphatic heterocycles. The van der Waals surface area contributed by atoms with E-state index in [2.05, 4.69) is 0 Å². The molecule has 0 spiro atoms. The zero-order valence-corrected chi connectivity index (χ0v) is 6.09. The van der Waals surface area contributed by atoms with E-state index in [0.29, 0.717) is 0 Å². The zero-order chi connectivity index (χ0) is 8.57. The van der Waals surface area contributed by atoms with E-state index in [9.17, 15) is 14.7 Å². The standard InChI is InChI=1S/2C3H6O2/c2*1-2-3(4)5/h2*2H2,1H3,(H,4,5)/p-1. The Morgan fingerprint density at radius 1 is 1.30 bits per heavy atom. The van der Waals surface area contributed by atoms with E-state index in [1.54, 1.807) is 6.92 Å². The Labute approximate surface area is 59.5 Å². The molecule has 0 unspecified atom stereocenters. The number of carbonyl (C=O) groups is 2. The Bertz CT molecular complexity index is 94.3. The van der Waals surface area contributed by atoms with Crippen molar-refractivity contribution in [2.45, 2.75) is 26.7 Å². The van der Waals surface area contributed by atoms with Crippen molar-refractivity contribution in [2.24, 2.45) is 0 Å². The third-order valence-electron chi connectivity index (χ3n) is 0.591. The minimum absolute atomic E-state index is 0.111. The van der Waals surface area contributed by atoms with E-state index >= 15 is 0 Å². The molecule has 0 aliphatic rings. The van der Waals surface area contributed by atoms with Gasteiger partial charge in [0.15, 0.2) is 0 Å². The van der Waals surface area contributed by atoms with Crippen LogP contribution < -0.4 is 5.11 Å². The van der Waals surface area contributed by atoms with Gasteiger partial charge in [0.1, 0.15) is 0 Å². The maximum Gasteiger partial charge on any atom is 0.303 e. The lowest BCUT2D eigenvalue weighted by Gasteiger charge is -1.87. The van der Waals surface area contributed by atoms with E-state index in [0.717, 1.165) is 0 Å². The average molecular weight is 147 g/mol. The maximum atomic E-state index is 9.37. The maximum absolute atomic E-state index is 9.37. The number of carbonyl (C=O) groups excluding carboxylic acids is 1. The zero-order valence-electron chi connectivity index (χ0n) is 6.09. The van der Waals surface area contributed by atoms with Gasteiger partial charge < -0.3 is 15.0 Å². The van der Waals surface area contributed by atoms with Crippen LogP contribution in [0.4, 0.5) is 0 Å². The van der Waals surface area contributed by atoms with E-state index in [4.69, 9.17) is 5.11 Å². The Balaban J connectivity index is 0. The van der Waals surface area contributed by atoms with Crippen molar-refractivity contribution in [1.29, 1.82) is 0 Å². The average Bonchev–Trinajstić information content (AvgIpc) is 1.89. The molecule has 0 aromatic heterocycles. The monoisotopic (exact) mass is 147 g/mol. The van der Waals surface area contributed by atoms with Gasteiger partial charge in [0.05, 0.1) is 0 Å². The van der Waals surface area contributed by atoms with Gasteiger partial charge in [-0.2, -0.15) is 0 Å². The van der Waals surface area contributed by atoms with Crippen LogP contribution in [0.15, 0.2) is 0 Å². The third kappa shape index (κ3) is 28.3. The van der Waals surface area contributed by atoms with Gasteiger partial charge in [-0.15, -0.1) is 0 Å². The van der Waals surface area contributed by atoms with Gasteiger partial charge in [-0.25, -0.2) is 0 Å². The summed E-state index contributed by atoms with van der Waals surface area (Å²) < 4.78 is 0. The SMILES string of the molecule is CCC(=O)O.CCC(=O)[O-]. The van der Waals surface area contributed by atoms with Gasteiger partial charge in [-0.3, -0.25) is 4.79 Å². The van der Waals surface area contributed by atoms with Crippen LogP contribution in [-0.4, -0.2) is 17.0 Å². The van der Waals surface area contributed by atoms with Crippen molar-refractivity contribution in [2.75, 3.05) is 0 Å². The first-order valence-corrected chi connectivity index (χ1v) is 2.96. The first-order valence-electron chi connectivity index (χ1n) is 2.96. The molecule has 0 bridgehead atoms. The quantitative estimate of drug-likeness (QED) is 0.578. The molecule has 60 valence electrons. The number of rotatable bonds is 2. The molecule has 0 saturated carbocycles. The second kappa shape index (κ2) is 7.94. The molecule has 4 heteroatoms. The first-order chi connectivity index (χ1) is 4.54. The number of aliphatic carboxylic acids is 2. The highest BCUT2D eigenvalue weighted by Gasteiger charge is 1.80. The lowest BCUT2D eigenvalue weighted by molar-refractivity contribution is -0.305. The highest BCUT2D eigenvalue weighted by atomic mass is 16.4. The lowest BCUT2D eigenvalue weighted by Crippen LogP contribution is -2.19. The third-order valence-corrected chi connectivity index (χ3v) is 0.591. The van der Waals surface area contributed by atoms with Crippen molar-refractivity contribution in [3.05, 3.63) is 0 Å². The van der Waals surface area contributed by atoms with Crippen LogP contribution in [0.5, 0.6) is 0 Å². The summed E-state index contributed by atoms with van der Waals surface area (Å²) in [6, 6.07) is 0. The molecule has 0 saturated heterocycles. The topological polar surface area (TPSA) is 77.4 Å². The van der Waals surface area contributed by atoms with Crippen molar-refractivity contribution in [3.63, 3.8) is 0 Å². The molecule has 1 N–H and O–H groups in total. The summed E-state index contributed by atoms with van der Waals surface area (Å²) in [5.41, 5.74) is 0. The molecule has 0 atom stereocenters. The predicted octanol–water partition coefficient (Wildman–Crippen LogP) is -0.373. The molecule has 0 aromatic rings. The van der Waals surface area contributed by atoms with Gasteiger partial charge in [0.25, 0.3) is 0 Å². The Hall–Kier alpha value is -1.06. The smallest absolute Gasteiger partial charge is 0.303 e. The van der Waals surface area contributed by atoms with Gasteiger partial charge in [0, 0.05) is 12.4 Å². The van der Waals surface area contributed by atoms with Crippen molar-refractivity contribution in [3.8, 4) is 0 Å². The van der Waals surface area contributed by atoms with E-state index in [-0.39, 0.29) is 12.8 Å². The molecule has 0 fully saturated rings. The largest absolute Gasteiger partial charge is 0.550 e. The molecule has 0 heterocycles. The van der Waals surface area contributed by atoms with Gasteiger partial charge in [-0.05, 0) is 6.42 Å². The molecule has 0 amide bonds. The number of hydrogen-bond donors (Lipinski definition) is 1. The minimum Gasteiger partial charge on any atom is -0.550 e. The summed E-state index contributed by atoms with van der Waals surface area (Å²) in [5, 5.41) is 17.0. The van der Waals surface area contributed by atoms with Crippen LogP contribution in [0.2, 0.25) is 0 Å². The first kappa shape index (κ1) is 11.7. The van der Waals surface area contributed by atoms with Crippen molar-refractivity contribution >= 4 is 11.9 Å². The Morgan fingerprint density at radius 3 is 1.50 bits per heavy atom. The summed E-state index contributed by atoms with van der Waals surface area (Å²) in [5.74, 6) is -1.74. The van der Waals surface area contributed by atoms with Gasteiger partial charge >= 0.3 is 5.97 Å². The summed E-state index contributed by atoms with van der Waals surface area (Å²) in [6.45, 7) is 3.14. The second-order valence-corrected chi connectivity index (χ2v) is 1.47. The highest BCUT2D eigenvalue weighted by molar-refractivity contribution is 5.66. The fraction of sp³-hybridized carbons (Fsp3) is 0.667. The molecule has 10 heavy (non-hydrogen) atoms. The lowest BCUT2D eigenvalue weighted by atomic mass is 10.5. The Morgan fingerprint density at radius 2 is 1.50 bits per heavy atom. The minimum atomic E-state index is -0.995. The number of hydrogen-bond acceptors (Lipinski definition) is 3. The molecule has 0 aromatic carbocycles. The summed E-state index contributed by atoms with van der Waals surface area (Å²) >= 11 is 0. The van der Waals surface area contributed by atoms with Crippen LogP contribution in [0, 0.1) is 0 Å². The molecule has 4 nitrogen and oxygen atoms in total. The number of carboxylic acid groups (broad SMARTS) is 2. The van der Waals surface area contributed by atoms with Crippen molar-refractivity contribution < 1.29 is 19.8 Å². The number of carboxylic acids is 2. The summed E-state index contributed by atoms with van der Waals surface area (Å²) in [6.07, 6.45) is 0.333. The normalized spacial score (nSPS) is 7.40. The highest BCUT2D eigenvalue weighted by Crippen LogP contribution is 1.67. The fourth-order valence-corrected chi connectivity index (χ4v) is 0. The van der Waals surface area contributed by atoms with Crippen LogP contribution in [-0.2, 0) is 9.59 Å². The van der Waals surface area contributed by atoms with E-state index in [1.165, 1.54) is 6.92 Å². The van der Waals surface area contributed by atoms with Crippen LogP contribution in [0.1, 0.15) is 26.7 Å².